The van der Waals surface area contributed by atoms with E-state index in [9.17, 15) is 0 Å². The lowest BCUT2D eigenvalue weighted by molar-refractivity contribution is 0.627. The molecule has 3 aromatic rings. The van der Waals surface area contributed by atoms with Crippen molar-refractivity contribution >= 4 is 0 Å². The summed E-state index contributed by atoms with van der Waals surface area (Å²) in [6.07, 6.45) is 5.98. The monoisotopic (exact) mass is 274 g/mol. The number of benzene rings is 2. The fourth-order valence-electron chi connectivity index (χ4n) is 3.59. The predicted octanol–water partition coefficient (Wildman–Crippen LogP) is 4.27. The molecule has 2 nitrogen and oxygen atoms in total. The van der Waals surface area contributed by atoms with Crippen LogP contribution in [-0.4, -0.2) is 9.97 Å². The lowest BCUT2D eigenvalue weighted by Gasteiger charge is -2.12. The minimum absolute atomic E-state index is 0.520. The summed E-state index contributed by atoms with van der Waals surface area (Å²) in [5.41, 5.74) is 5.57. The van der Waals surface area contributed by atoms with Gasteiger partial charge in [-0.25, -0.2) is 4.98 Å². The highest BCUT2D eigenvalue weighted by molar-refractivity contribution is 5.45. The van der Waals surface area contributed by atoms with Crippen LogP contribution in [0.1, 0.15) is 40.6 Å². The Morgan fingerprint density at radius 3 is 2.48 bits per heavy atom. The van der Waals surface area contributed by atoms with Crippen LogP contribution >= 0.6 is 0 Å². The summed E-state index contributed by atoms with van der Waals surface area (Å²) in [4.78, 5) is 7.45. The van der Waals surface area contributed by atoms with Gasteiger partial charge in [0.1, 0.15) is 0 Å². The Balaban J connectivity index is 1.70. The number of fused-ring (bicyclic) bond motifs is 1. The molecule has 1 heterocycles. The maximum absolute atomic E-state index is 4.39. The molecular weight excluding hydrogens is 256 g/mol. The average molecular weight is 274 g/mol. The van der Waals surface area contributed by atoms with Crippen molar-refractivity contribution in [3.63, 3.8) is 0 Å². The van der Waals surface area contributed by atoms with E-state index in [0.29, 0.717) is 11.8 Å². The van der Waals surface area contributed by atoms with Crippen LogP contribution in [0.2, 0.25) is 0 Å². The number of aromatic nitrogens is 2. The highest BCUT2D eigenvalue weighted by Gasteiger charge is 2.31. The third-order valence-corrected chi connectivity index (χ3v) is 4.54. The molecule has 0 radical (unpaired) electrons. The summed E-state index contributed by atoms with van der Waals surface area (Å²) in [6.45, 7) is 0. The Kier molecular flexibility index (Phi) is 3.07. The Labute approximate surface area is 124 Å². The van der Waals surface area contributed by atoms with Crippen LogP contribution in [-0.2, 0) is 6.42 Å². The summed E-state index contributed by atoms with van der Waals surface area (Å²) >= 11 is 0. The summed E-state index contributed by atoms with van der Waals surface area (Å²) in [6, 6.07) is 19.8. The highest BCUT2D eigenvalue weighted by Crippen LogP contribution is 2.46. The molecule has 4 rings (SSSR count). The van der Waals surface area contributed by atoms with Crippen molar-refractivity contribution in [2.24, 2.45) is 0 Å². The summed E-state index contributed by atoms with van der Waals surface area (Å²) in [5.74, 6) is 1.08. The van der Waals surface area contributed by atoms with E-state index in [1.165, 1.54) is 23.1 Å². The van der Waals surface area contributed by atoms with Gasteiger partial charge in [0.15, 0.2) is 0 Å². The minimum atomic E-state index is 0.520. The molecule has 1 aliphatic carbocycles. The van der Waals surface area contributed by atoms with E-state index < -0.39 is 0 Å². The van der Waals surface area contributed by atoms with Gasteiger partial charge in [-0.05, 0) is 35.4 Å². The number of aromatic amines is 1. The summed E-state index contributed by atoms with van der Waals surface area (Å²) in [7, 11) is 0. The molecule has 0 saturated carbocycles. The lowest BCUT2D eigenvalue weighted by Crippen LogP contribution is -2.00. The SMILES string of the molecule is c1ccc(C2CC(Cc3c[nH]cn3)c3ccccc32)cc1. The molecule has 2 atom stereocenters. The van der Waals surface area contributed by atoms with Gasteiger partial charge in [0.2, 0.25) is 0 Å². The molecule has 21 heavy (non-hydrogen) atoms. The normalized spacial score (nSPS) is 20.4. The fourth-order valence-corrected chi connectivity index (χ4v) is 3.59. The molecule has 0 spiro atoms. The standard InChI is InChI=1S/C19H18N2/c1-2-6-14(7-3-1)19-11-15(10-16-12-20-13-21-16)17-8-4-5-9-18(17)19/h1-9,12-13,15,19H,10-11H2,(H,20,21). The number of imidazole rings is 1. The molecule has 2 unspecified atom stereocenters. The first-order valence-corrected chi connectivity index (χ1v) is 7.53. The second kappa shape index (κ2) is 5.21. The van der Waals surface area contributed by atoms with Crippen LogP contribution < -0.4 is 0 Å². The number of nitrogens with one attached hydrogen (secondary N) is 1. The lowest BCUT2D eigenvalue weighted by atomic mass is 9.92. The van der Waals surface area contributed by atoms with Gasteiger partial charge >= 0.3 is 0 Å². The van der Waals surface area contributed by atoms with Crippen LogP contribution in [0.15, 0.2) is 67.1 Å². The zero-order valence-corrected chi connectivity index (χ0v) is 11.9. The molecule has 0 aliphatic heterocycles. The predicted molar refractivity (Wildman–Crippen MR) is 84.4 cm³/mol. The van der Waals surface area contributed by atoms with Gasteiger partial charge in [-0.1, -0.05) is 54.6 Å². The van der Waals surface area contributed by atoms with Crippen molar-refractivity contribution in [3.8, 4) is 0 Å². The summed E-state index contributed by atoms with van der Waals surface area (Å²) in [5, 5.41) is 0. The van der Waals surface area contributed by atoms with E-state index in [2.05, 4.69) is 64.6 Å². The second-order valence-corrected chi connectivity index (χ2v) is 5.79. The molecule has 104 valence electrons. The third-order valence-electron chi connectivity index (χ3n) is 4.54. The van der Waals surface area contributed by atoms with E-state index in [0.717, 1.165) is 12.1 Å². The number of nitrogens with zero attached hydrogens (tertiary/aromatic N) is 1. The van der Waals surface area contributed by atoms with Gasteiger partial charge in [-0.15, -0.1) is 0 Å². The molecule has 1 aromatic heterocycles. The number of hydrogen-bond acceptors (Lipinski definition) is 1. The molecule has 0 saturated heterocycles. The zero-order chi connectivity index (χ0) is 14.1. The van der Waals surface area contributed by atoms with Crippen molar-refractivity contribution < 1.29 is 0 Å². The van der Waals surface area contributed by atoms with E-state index in [4.69, 9.17) is 0 Å². The van der Waals surface area contributed by atoms with Crippen molar-refractivity contribution in [1.82, 2.24) is 9.97 Å². The Bertz CT molecular complexity index is 716. The topological polar surface area (TPSA) is 28.7 Å². The van der Waals surface area contributed by atoms with Gasteiger partial charge in [-0.2, -0.15) is 0 Å². The molecule has 0 amide bonds. The van der Waals surface area contributed by atoms with E-state index in [1.807, 2.05) is 6.20 Å². The van der Waals surface area contributed by atoms with E-state index in [1.54, 1.807) is 6.33 Å². The number of rotatable bonds is 3. The Morgan fingerprint density at radius 1 is 0.952 bits per heavy atom. The number of hydrogen-bond donors (Lipinski definition) is 1. The third kappa shape index (κ3) is 2.27. The maximum atomic E-state index is 4.39. The van der Waals surface area contributed by atoms with Gasteiger partial charge in [0.05, 0.1) is 12.0 Å². The van der Waals surface area contributed by atoms with E-state index >= 15 is 0 Å². The first-order valence-electron chi connectivity index (χ1n) is 7.53. The molecular formula is C19H18N2. The van der Waals surface area contributed by atoms with Crippen LogP contribution in [0.5, 0.6) is 0 Å². The van der Waals surface area contributed by atoms with Crippen LogP contribution in [0.4, 0.5) is 0 Å². The van der Waals surface area contributed by atoms with E-state index in [-0.39, 0.29) is 0 Å². The van der Waals surface area contributed by atoms with Crippen molar-refractivity contribution in [2.75, 3.05) is 0 Å². The van der Waals surface area contributed by atoms with Crippen LogP contribution in [0.25, 0.3) is 0 Å². The Morgan fingerprint density at radius 2 is 1.71 bits per heavy atom. The molecule has 2 aromatic carbocycles. The highest BCUT2D eigenvalue weighted by atomic mass is 14.9. The largest absolute Gasteiger partial charge is 0.351 e. The first kappa shape index (κ1) is 12.4. The Hall–Kier alpha value is -2.35. The van der Waals surface area contributed by atoms with Crippen molar-refractivity contribution in [3.05, 3.63) is 89.5 Å². The zero-order valence-electron chi connectivity index (χ0n) is 11.9. The molecule has 2 heteroatoms. The second-order valence-electron chi connectivity index (χ2n) is 5.79. The molecule has 0 fully saturated rings. The number of H-pyrrole nitrogens is 1. The van der Waals surface area contributed by atoms with Crippen LogP contribution in [0, 0.1) is 0 Å². The quantitative estimate of drug-likeness (QED) is 0.759. The smallest absolute Gasteiger partial charge is 0.0923 e. The first-order chi connectivity index (χ1) is 10.4. The van der Waals surface area contributed by atoms with Gasteiger partial charge in [0, 0.05) is 12.1 Å². The molecule has 0 bridgehead atoms. The maximum Gasteiger partial charge on any atom is 0.0923 e. The van der Waals surface area contributed by atoms with Gasteiger partial charge < -0.3 is 4.98 Å². The molecule has 1 N–H and O–H groups in total. The molecule has 1 aliphatic rings. The van der Waals surface area contributed by atoms with Crippen LogP contribution in [0.3, 0.4) is 0 Å². The van der Waals surface area contributed by atoms with Gasteiger partial charge in [0.25, 0.3) is 0 Å². The van der Waals surface area contributed by atoms with Crippen molar-refractivity contribution in [2.45, 2.75) is 24.7 Å². The van der Waals surface area contributed by atoms with Gasteiger partial charge in [-0.3, -0.25) is 0 Å². The fraction of sp³-hybridized carbons (Fsp3) is 0.211. The van der Waals surface area contributed by atoms with Crippen molar-refractivity contribution in [1.29, 1.82) is 0 Å². The average Bonchev–Trinajstić information content (AvgIpc) is 3.17. The summed E-state index contributed by atoms with van der Waals surface area (Å²) < 4.78 is 0. The minimum Gasteiger partial charge on any atom is -0.351 e.